The van der Waals surface area contributed by atoms with E-state index in [1.54, 1.807) is 0 Å². The second-order valence-electron chi connectivity index (χ2n) is 8.27. The lowest BCUT2D eigenvalue weighted by molar-refractivity contribution is 0.0927. The average Bonchev–Trinajstić information content (AvgIpc) is 3.48. The van der Waals surface area contributed by atoms with Crippen LogP contribution >= 0.6 is 0 Å². The zero-order valence-electron chi connectivity index (χ0n) is 15.9. The number of fused-ring (bicyclic) bond motifs is 6. The van der Waals surface area contributed by atoms with Crippen molar-refractivity contribution in [2.75, 3.05) is 13.2 Å². The van der Waals surface area contributed by atoms with E-state index in [2.05, 4.69) is 24.3 Å². The van der Waals surface area contributed by atoms with Crippen molar-refractivity contribution in [1.29, 1.82) is 0 Å². The maximum atomic E-state index is 10.3. The fourth-order valence-electron chi connectivity index (χ4n) is 5.08. The van der Waals surface area contributed by atoms with Crippen molar-refractivity contribution in [2.24, 2.45) is 15.4 Å². The lowest BCUT2D eigenvalue weighted by Crippen LogP contribution is -2.47. The highest BCUT2D eigenvalue weighted by Crippen LogP contribution is 2.46. The number of nitrogens with zero attached hydrogens (tertiary/aromatic N) is 2. The Balaban J connectivity index is 1.37. The van der Waals surface area contributed by atoms with E-state index in [-0.39, 0.29) is 37.5 Å². The molecule has 0 amide bonds. The van der Waals surface area contributed by atoms with Gasteiger partial charge in [-0.25, -0.2) is 9.98 Å². The molecule has 2 heterocycles. The average molecular weight is 390 g/mol. The van der Waals surface area contributed by atoms with Gasteiger partial charge in [0.05, 0.1) is 13.2 Å². The molecule has 2 aliphatic carbocycles. The van der Waals surface area contributed by atoms with E-state index < -0.39 is 5.41 Å². The summed E-state index contributed by atoms with van der Waals surface area (Å²) >= 11 is 0. The lowest BCUT2D eigenvalue weighted by Gasteiger charge is -2.29. The number of aliphatic hydroxyl groups is 2. The molecule has 29 heavy (non-hydrogen) atoms. The molecule has 2 aromatic carbocycles. The minimum Gasteiger partial charge on any atom is -0.474 e. The fourth-order valence-corrected chi connectivity index (χ4v) is 5.08. The van der Waals surface area contributed by atoms with Gasteiger partial charge in [0, 0.05) is 12.8 Å². The largest absolute Gasteiger partial charge is 0.474 e. The predicted molar refractivity (Wildman–Crippen MR) is 107 cm³/mol. The highest BCUT2D eigenvalue weighted by atomic mass is 16.5. The summed E-state index contributed by atoms with van der Waals surface area (Å²) in [6, 6.07) is 16.2. The van der Waals surface area contributed by atoms with E-state index in [9.17, 15) is 10.2 Å². The third-order valence-corrected chi connectivity index (χ3v) is 6.69. The first-order chi connectivity index (χ1) is 14.2. The molecule has 6 nitrogen and oxygen atoms in total. The normalized spacial score (nSPS) is 28.6. The number of ether oxygens (including phenoxy) is 2. The van der Waals surface area contributed by atoms with Gasteiger partial charge < -0.3 is 19.7 Å². The van der Waals surface area contributed by atoms with E-state index in [4.69, 9.17) is 19.5 Å². The predicted octanol–water partition coefficient (Wildman–Crippen LogP) is 2.15. The van der Waals surface area contributed by atoms with Crippen molar-refractivity contribution in [3.05, 3.63) is 70.8 Å². The summed E-state index contributed by atoms with van der Waals surface area (Å²) in [5, 5.41) is 20.7. The highest BCUT2D eigenvalue weighted by molar-refractivity contribution is 6.07. The molecular weight excluding hydrogens is 368 g/mol. The van der Waals surface area contributed by atoms with Gasteiger partial charge in [0.25, 0.3) is 0 Å². The van der Waals surface area contributed by atoms with Gasteiger partial charge in [-0.1, -0.05) is 48.5 Å². The smallest absolute Gasteiger partial charge is 0.205 e. The first-order valence-electron chi connectivity index (χ1n) is 10.1. The van der Waals surface area contributed by atoms with Gasteiger partial charge in [0.1, 0.15) is 24.3 Å². The summed E-state index contributed by atoms with van der Waals surface area (Å²) in [5.41, 5.74) is 3.53. The van der Waals surface area contributed by atoms with Gasteiger partial charge in [-0.3, -0.25) is 0 Å². The Morgan fingerprint density at radius 2 is 1.21 bits per heavy atom. The Morgan fingerprint density at radius 3 is 1.66 bits per heavy atom. The van der Waals surface area contributed by atoms with Crippen LogP contribution in [0.1, 0.15) is 34.3 Å². The van der Waals surface area contributed by atoms with Gasteiger partial charge in [-0.2, -0.15) is 0 Å². The molecule has 2 N–H and O–H groups in total. The molecule has 2 aliphatic heterocycles. The molecular formula is C23H22N2O4. The van der Waals surface area contributed by atoms with Crippen molar-refractivity contribution in [3.63, 3.8) is 0 Å². The summed E-state index contributed by atoms with van der Waals surface area (Å²) in [6.45, 7) is -0.743. The summed E-state index contributed by atoms with van der Waals surface area (Å²) in [4.78, 5) is 9.60. The molecule has 0 unspecified atom stereocenters. The monoisotopic (exact) mass is 390 g/mol. The van der Waals surface area contributed by atoms with E-state index in [1.807, 2.05) is 24.3 Å². The SMILES string of the molecule is OCC(CO)(C1=N[C@H]2c3ccccc3C[C@H]2O1)C1=N[C@H]2c3ccccc3C[C@H]2O1. The molecule has 0 saturated heterocycles. The number of hydrogen-bond donors (Lipinski definition) is 2. The molecule has 6 heteroatoms. The van der Waals surface area contributed by atoms with Crippen LogP contribution in [0.2, 0.25) is 0 Å². The second-order valence-corrected chi connectivity index (χ2v) is 8.27. The maximum absolute atomic E-state index is 10.3. The Kier molecular flexibility index (Phi) is 3.64. The zero-order valence-corrected chi connectivity index (χ0v) is 15.9. The summed E-state index contributed by atoms with van der Waals surface area (Å²) in [6.07, 6.45) is 1.32. The first-order valence-corrected chi connectivity index (χ1v) is 10.1. The second kappa shape index (κ2) is 6.15. The summed E-state index contributed by atoms with van der Waals surface area (Å²) < 4.78 is 12.4. The fraction of sp³-hybridized carbons (Fsp3) is 0.391. The Labute approximate surface area is 168 Å². The molecule has 6 rings (SSSR count). The molecule has 0 aromatic heterocycles. The third-order valence-electron chi connectivity index (χ3n) is 6.69. The Bertz CT molecular complexity index is 963. The molecule has 4 atom stereocenters. The minimum absolute atomic E-state index is 0.109. The minimum atomic E-state index is -1.25. The van der Waals surface area contributed by atoms with Crippen molar-refractivity contribution in [1.82, 2.24) is 0 Å². The van der Waals surface area contributed by atoms with Gasteiger partial charge in [0.2, 0.25) is 11.8 Å². The van der Waals surface area contributed by atoms with Crippen LogP contribution in [-0.2, 0) is 22.3 Å². The van der Waals surface area contributed by atoms with Crippen LogP contribution in [0.4, 0.5) is 0 Å². The highest BCUT2D eigenvalue weighted by Gasteiger charge is 2.54. The molecule has 0 radical (unpaired) electrons. The van der Waals surface area contributed by atoms with E-state index in [0.717, 1.165) is 24.0 Å². The van der Waals surface area contributed by atoms with Crippen LogP contribution in [0.25, 0.3) is 0 Å². The van der Waals surface area contributed by atoms with Crippen LogP contribution in [0.15, 0.2) is 58.5 Å². The van der Waals surface area contributed by atoms with E-state index in [1.165, 1.54) is 11.1 Å². The number of hydrogen-bond acceptors (Lipinski definition) is 6. The molecule has 4 aliphatic rings. The lowest BCUT2D eigenvalue weighted by atomic mass is 9.89. The molecule has 0 saturated carbocycles. The van der Waals surface area contributed by atoms with Gasteiger partial charge in [0.15, 0.2) is 5.41 Å². The Hall–Kier alpha value is -2.70. The Morgan fingerprint density at radius 1 is 0.759 bits per heavy atom. The van der Waals surface area contributed by atoms with Crippen LogP contribution in [0, 0.1) is 5.41 Å². The number of aliphatic hydroxyl groups excluding tert-OH is 2. The molecule has 148 valence electrons. The van der Waals surface area contributed by atoms with Crippen molar-refractivity contribution in [3.8, 4) is 0 Å². The maximum Gasteiger partial charge on any atom is 0.205 e. The molecule has 2 aromatic rings. The van der Waals surface area contributed by atoms with Crippen molar-refractivity contribution >= 4 is 11.8 Å². The third kappa shape index (κ3) is 2.30. The molecule has 0 spiro atoms. The van der Waals surface area contributed by atoms with Crippen LogP contribution in [0.3, 0.4) is 0 Å². The summed E-state index contributed by atoms with van der Waals surface area (Å²) in [5.74, 6) is 0.665. The van der Waals surface area contributed by atoms with Crippen LogP contribution < -0.4 is 0 Å². The zero-order chi connectivity index (χ0) is 19.6. The van der Waals surface area contributed by atoms with Crippen molar-refractivity contribution in [2.45, 2.75) is 37.1 Å². The van der Waals surface area contributed by atoms with Gasteiger partial charge in [-0.05, 0) is 22.3 Å². The van der Waals surface area contributed by atoms with Crippen molar-refractivity contribution < 1.29 is 19.7 Å². The van der Waals surface area contributed by atoms with Gasteiger partial charge in [-0.15, -0.1) is 0 Å². The number of benzene rings is 2. The van der Waals surface area contributed by atoms with Gasteiger partial charge >= 0.3 is 0 Å². The number of aliphatic imine (C=N–C) groups is 2. The topological polar surface area (TPSA) is 83.6 Å². The molecule has 0 bridgehead atoms. The first kappa shape index (κ1) is 17.2. The van der Waals surface area contributed by atoms with E-state index in [0.29, 0.717) is 11.8 Å². The summed E-state index contributed by atoms with van der Waals surface area (Å²) in [7, 11) is 0. The quantitative estimate of drug-likeness (QED) is 0.838. The van der Waals surface area contributed by atoms with E-state index >= 15 is 0 Å². The standard InChI is InChI=1S/C23H22N2O4/c26-11-23(12-27,21-24-19-15-7-3-1-5-13(15)9-17(19)28-21)22-25-20-16-8-4-2-6-14(16)10-18(20)29-22/h1-8,17-20,26-27H,9-12H2/t17-,18-,19+,20+/m1/s1. The van der Waals surface area contributed by atoms with Crippen LogP contribution in [-0.4, -0.2) is 47.4 Å². The number of rotatable bonds is 4. The van der Waals surface area contributed by atoms with Crippen LogP contribution in [0.5, 0.6) is 0 Å². The molecule has 0 fully saturated rings.